The number of carbonyl (C=O) groups excluding carboxylic acids is 2. The van der Waals surface area contributed by atoms with Gasteiger partial charge in [0, 0.05) is 23.6 Å². The zero-order chi connectivity index (χ0) is 18.2. The summed E-state index contributed by atoms with van der Waals surface area (Å²) in [4.78, 5) is 26.4. The van der Waals surface area contributed by atoms with E-state index in [9.17, 15) is 9.59 Å². The summed E-state index contributed by atoms with van der Waals surface area (Å²) >= 11 is 0. The molecule has 0 unspecified atom stereocenters. The second-order valence-electron chi connectivity index (χ2n) is 7.54. The van der Waals surface area contributed by atoms with Gasteiger partial charge in [-0.2, -0.15) is 0 Å². The molecule has 1 atom stereocenters. The van der Waals surface area contributed by atoms with Gasteiger partial charge in [0.1, 0.15) is 6.04 Å². The molecule has 1 fully saturated rings. The SMILES string of the molecule is Cc1ccc(N2CC(=O)C[C@H]2C(=O)Nc2cc(C(C)(C)C)no2)cc1. The third-order valence-electron chi connectivity index (χ3n) is 4.34. The van der Waals surface area contributed by atoms with E-state index in [0.717, 1.165) is 16.9 Å². The highest BCUT2D eigenvalue weighted by Crippen LogP contribution is 2.27. The van der Waals surface area contributed by atoms with E-state index >= 15 is 0 Å². The number of aromatic nitrogens is 1. The Morgan fingerprint density at radius 3 is 2.56 bits per heavy atom. The number of amides is 1. The van der Waals surface area contributed by atoms with Gasteiger partial charge in [0.05, 0.1) is 12.2 Å². The lowest BCUT2D eigenvalue weighted by Crippen LogP contribution is -2.39. The summed E-state index contributed by atoms with van der Waals surface area (Å²) in [6.07, 6.45) is 0.194. The van der Waals surface area contributed by atoms with E-state index in [1.807, 2.05) is 56.9 Å². The number of Topliss-reactive ketones (excluding diaryl/α,β-unsaturated/α-hetero) is 1. The second kappa shape index (κ2) is 6.35. The molecule has 0 bridgehead atoms. The Labute approximate surface area is 147 Å². The number of hydrogen-bond donors (Lipinski definition) is 1. The lowest BCUT2D eigenvalue weighted by Gasteiger charge is -2.24. The number of carbonyl (C=O) groups is 2. The molecule has 2 heterocycles. The Hall–Kier alpha value is -2.63. The Balaban J connectivity index is 1.76. The summed E-state index contributed by atoms with van der Waals surface area (Å²) < 4.78 is 5.22. The fourth-order valence-corrected chi connectivity index (χ4v) is 2.82. The van der Waals surface area contributed by atoms with E-state index in [4.69, 9.17) is 4.52 Å². The van der Waals surface area contributed by atoms with Crippen molar-refractivity contribution in [2.24, 2.45) is 0 Å². The van der Waals surface area contributed by atoms with Crippen molar-refractivity contribution in [1.82, 2.24) is 5.16 Å². The minimum Gasteiger partial charge on any atom is -0.352 e. The van der Waals surface area contributed by atoms with Crippen LogP contribution in [0.15, 0.2) is 34.9 Å². The van der Waals surface area contributed by atoms with Crippen LogP contribution in [0.3, 0.4) is 0 Å². The van der Waals surface area contributed by atoms with E-state index in [0.29, 0.717) is 5.88 Å². The molecule has 1 aromatic carbocycles. The summed E-state index contributed by atoms with van der Waals surface area (Å²) in [5, 5.41) is 6.74. The van der Waals surface area contributed by atoms with E-state index in [-0.39, 0.29) is 30.1 Å². The number of ketones is 1. The van der Waals surface area contributed by atoms with Crippen LogP contribution in [0, 0.1) is 6.92 Å². The van der Waals surface area contributed by atoms with Gasteiger partial charge in [-0.25, -0.2) is 0 Å². The van der Waals surface area contributed by atoms with Crippen molar-refractivity contribution in [2.75, 3.05) is 16.8 Å². The van der Waals surface area contributed by atoms with Gasteiger partial charge in [0.15, 0.2) is 5.78 Å². The molecule has 1 aromatic heterocycles. The third kappa shape index (κ3) is 3.73. The first-order valence-electron chi connectivity index (χ1n) is 8.37. The lowest BCUT2D eigenvalue weighted by molar-refractivity contribution is -0.120. The fraction of sp³-hybridized carbons (Fsp3) is 0.421. The maximum atomic E-state index is 12.7. The molecule has 2 aromatic rings. The Kier molecular flexibility index (Phi) is 4.37. The normalized spacial score (nSPS) is 17.8. The third-order valence-corrected chi connectivity index (χ3v) is 4.34. The molecule has 1 amide bonds. The summed E-state index contributed by atoms with van der Waals surface area (Å²) in [5.74, 6) is 0.0924. The van der Waals surface area contributed by atoms with Gasteiger partial charge in [-0.05, 0) is 19.1 Å². The summed E-state index contributed by atoms with van der Waals surface area (Å²) in [5.41, 5.74) is 2.60. The second-order valence-corrected chi connectivity index (χ2v) is 7.54. The molecule has 0 saturated carbocycles. The molecule has 1 N–H and O–H groups in total. The van der Waals surface area contributed by atoms with Gasteiger partial charge in [-0.3, -0.25) is 14.9 Å². The molecule has 1 aliphatic rings. The van der Waals surface area contributed by atoms with Crippen molar-refractivity contribution in [2.45, 2.75) is 45.6 Å². The van der Waals surface area contributed by atoms with Crippen molar-refractivity contribution in [3.8, 4) is 0 Å². The Morgan fingerprint density at radius 2 is 1.96 bits per heavy atom. The van der Waals surface area contributed by atoms with Gasteiger partial charge >= 0.3 is 0 Å². The average Bonchev–Trinajstić information content (AvgIpc) is 3.14. The van der Waals surface area contributed by atoms with Crippen molar-refractivity contribution in [3.05, 3.63) is 41.6 Å². The number of benzene rings is 1. The molecule has 0 spiro atoms. The van der Waals surface area contributed by atoms with Crippen LogP contribution >= 0.6 is 0 Å². The van der Waals surface area contributed by atoms with E-state index in [2.05, 4.69) is 10.5 Å². The quantitative estimate of drug-likeness (QED) is 0.928. The average molecular weight is 341 g/mol. The molecule has 1 aliphatic heterocycles. The Bertz CT molecular complexity index is 787. The van der Waals surface area contributed by atoms with Crippen LogP contribution in [0.1, 0.15) is 38.4 Å². The highest BCUT2D eigenvalue weighted by atomic mass is 16.5. The minimum atomic E-state index is -0.543. The van der Waals surface area contributed by atoms with Crippen molar-refractivity contribution < 1.29 is 14.1 Å². The van der Waals surface area contributed by atoms with Gasteiger partial charge in [-0.1, -0.05) is 43.6 Å². The van der Waals surface area contributed by atoms with Crippen molar-refractivity contribution >= 4 is 23.3 Å². The number of aryl methyl sites for hydroxylation is 1. The first-order valence-corrected chi connectivity index (χ1v) is 8.37. The van der Waals surface area contributed by atoms with E-state index in [1.54, 1.807) is 6.07 Å². The molecule has 6 heteroatoms. The Morgan fingerprint density at radius 1 is 1.28 bits per heavy atom. The monoisotopic (exact) mass is 341 g/mol. The number of hydrogen-bond acceptors (Lipinski definition) is 5. The van der Waals surface area contributed by atoms with Crippen LogP contribution in [-0.2, 0) is 15.0 Å². The molecule has 25 heavy (non-hydrogen) atoms. The first kappa shape index (κ1) is 17.2. The predicted octanol–water partition coefficient (Wildman–Crippen LogP) is 3.07. The van der Waals surface area contributed by atoms with Crippen LogP contribution in [-0.4, -0.2) is 29.4 Å². The van der Waals surface area contributed by atoms with Crippen LogP contribution in [0.5, 0.6) is 0 Å². The molecule has 0 aliphatic carbocycles. The predicted molar refractivity (Wildman–Crippen MR) is 95.8 cm³/mol. The van der Waals surface area contributed by atoms with Crippen LogP contribution < -0.4 is 10.2 Å². The fourth-order valence-electron chi connectivity index (χ4n) is 2.82. The summed E-state index contributed by atoms with van der Waals surface area (Å²) in [6.45, 7) is 8.30. The van der Waals surface area contributed by atoms with Gasteiger partial charge < -0.3 is 9.42 Å². The van der Waals surface area contributed by atoms with Crippen molar-refractivity contribution in [3.63, 3.8) is 0 Å². The maximum Gasteiger partial charge on any atom is 0.249 e. The molecule has 3 rings (SSSR count). The topological polar surface area (TPSA) is 75.4 Å². The summed E-state index contributed by atoms with van der Waals surface area (Å²) in [7, 11) is 0. The van der Waals surface area contributed by atoms with Crippen molar-refractivity contribution in [1.29, 1.82) is 0 Å². The number of rotatable bonds is 3. The van der Waals surface area contributed by atoms with E-state index < -0.39 is 6.04 Å². The lowest BCUT2D eigenvalue weighted by atomic mass is 9.92. The minimum absolute atomic E-state index is 0.0497. The summed E-state index contributed by atoms with van der Waals surface area (Å²) in [6, 6.07) is 8.99. The molecule has 132 valence electrons. The van der Waals surface area contributed by atoms with Gasteiger partial charge in [0.25, 0.3) is 0 Å². The molecule has 1 saturated heterocycles. The highest BCUT2D eigenvalue weighted by Gasteiger charge is 2.36. The highest BCUT2D eigenvalue weighted by molar-refractivity contribution is 6.03. The maximum absolute atomic E-state index is 12.7. The smallest absolute Gasteiger partial charge is 0.249 e. The molecule has 0 radical (unpaired) electrons. The zero-order valence-electron chi connectivity index (χ0n) is 15.0. The zero-order valence-corrected chi connectivity index (χ0v) is 15.0. The molecular weight excluding hydrogens is 318 g/mol. The van der Waals surface area contributed by atoms with E-state index in [1.165, 1.54) is 0 Å². The number of nitrogens with zero attached hydrogens (tertiary/aromatic N) is 2. The van der Waals surface area contributed by atoms with Gasteiger partial charge in [0.2, 0.25) is 11.8 Å². The first-order chi connectivity index (χ1) is 11.7. The number of anilines is 2. The number of nitrogens with one attached hydrogen (secondary N) is 1. The van der Waals surface area contributed by atoms with Crippen LogP contribution in [0.4, 0.5) is 11.6 Å². The molecular formula is C19H23N3O3. The van der Waals surface area contributed by atoms with Crippen LogP contribution in [0.2, 0.25) is 0 Å². The standard InChI is InChI=1S/C19H23N3O3/c1-12-5-7-13(8-6-12)22-11-14(23)9-15(22)18(24)20-17-10-16(21-25-17)19(2,3)4/h5-8,10,15H,9,11H2,1-4H3,(H,20,24)/t15-/m0/s1. The molecule has 6 nitrogen and oxygen atoms in total. The van der Waals surface area contributed by atoms with Crippen LogP contribution in [0.25, 0.3) is 0 Å². The largest absolute Gasteiger partial charge is 0.352 e. The van der Waals surface area contributed by atoms with Gasteiger partial charge in [-0.15, -0.1) is 0 Å².